The van der Waals surface area contributed by atoms with Crippen LogP contribution in [0.1, 0.15) is 0 Å². The second-order valence-electron chi connectivity index (χ2n) is 4.05. The Bertz CT molecular complexity index is 703. The van der Waals surface area contributed by atoms with E-state index in [0.29, 0.717) is 0 Å². The van der Waals surface area contributed by atoms with Crippen LogP contribution in [0.4, 0.5) is 5.69 Å². The fraction of sp³-hybridized carbons (Fsp3) is 0.0714. The summed E-state index contributed by atoms with van der Waals surface area (Å²) in [4.78, 5) is 0. The summed E-state index contributed by atoms with van der Waals surface area (Å²) >= 11 is 0. The molecule has 0 fully saturated rings. The van der Waals surface area contributed by atoms with Crippen LogP contribution >= 0.6 is 0 Å². The van der Waals surface area contributed by atoms with Gasteiger partial charge in [0.15, 0.2) is 0 Å². The van der Waals surface area contributed by atoms with Crippen molar-refractivity contribution in [1.82, 2.24) is 9.78 Å². The normalized spacial score (nSPS) is 10.7. The van der Waals surface area contributed by atoms with Crippen molar-refractivity contribution in [3.05, 3.63) is 48.7 Å². The molecule has 0 aliphatic carbocycles. The van der Waals surface area contributed by atoms with Crippen LogP contribution in [0.25, 0.3) is 16.6 Å². The zero-order valence-corrected chi connectivity index (χ0v) is 10.00. The fourth-order valence-electron chi connectivity index (χ4n) is 2.03. The van der Waals surface area contributed by atoms with Crippen LogP contribution in [0.15, 0.2) is 48.7 Å². The van der Waals surface area contributed by atoms with Crippen molar-refractivity contribution in [3.8, 4) is 11.4 Å². The molecule has 0 saturated heterocycles. The highest BCUT2D eigenvalue weighted by Crippen LogP contribution is 2.26. The standard InChI is InChI=1S/C14H13N3O/c1-18-14-5-3-2-4-12(14)17-13-8-11(15)7-6-10(13)9-16-17/h2-9H,15H2,1H3. The van der Waals surface area contributed by atoms with Crippen molar-refractivity contribution in [1.29, 1.82) is 0 Å². The number of nitrogens with two attached hydrogens (primary N) is 1. The van der Waals surface area contributed by atoms with E-state index in [9.17, 15) is 0 Å². The van der Waals surface area contributed by atoms with Gasteiger partial charge in [0.2, 0.25) is 0 Å². The van der Waals surface area contributed by atoms with Crippen LogP contribution in [-0.4, -0.2) is 16.9 Å². The fourth-order valence-corrected chi connectivity index (χ4v) is 2.03. The van der Waals surface area contributed by atoms with Gasteiger partial charge in [0.25, 0.3) is 0 Å². The maximum Gasteiger partial charge on any atom is 0.144 e. The van der Waals surface area contributed by atoms with Crippen molar-refractivity contribution in [3.63, 3.8) is 0 Å². The number of nitrogen functional groups attached to an aromatic ring is 1. The first-order valence-corrected chi connectivity index (χ1v) is 5.66. The van der Waals surface area contributed by atoms with E-state index in [0.717, 1.165) is 28.0 Å². The van der Waals surface area contributed by atoms with Gasteiger partial charge in [-0.15, -0.1) is 0 Å². The van der Waals surface area contributed by atoms with E-state index < -0.39 is 0 Å². The quantitative estimate of drug-likeness (QED) is 0.699. The molecule has 0 unspecified atom stereocenters. The van der Waals surface area contributed by atoms with Crippen LogP contribution in [0.5, 0.6) is 5.75 Å². The second kappa shape index (κ2) is 4.07. The number of aromatic nitrogens is 2. The van der Waals surface area contributed by atoms with Gasteiger partial charge in [-0.3, -0.25) is 0 Å². The van der Waals surface area contributed by atoms with Crippen molar-refractivity contribution < 1.29 is 4.74 Å². The number of para-hydroxylation sites is 2. The van der Waals surface area contributed by atoms with E-state index >= 15 is 0 Å². The predicted octanol–water partition coefficient (Wildman–Crippen LogP) is 2.62. The van der Waals surface area contributed by atoms with Gasteiger partial charge in [-0.1, -0.05) is 12.1 Å². The molecule has 1 heterocycles. The van der Waals surface area contributed by atoms with Gasteiger partial charge in [0.05, 0.1) is 18.8 Å². The number of hydrogen-bond acceptors (Lipinski definition) is 3. The predicted molar refractivity (Wildman–Crippen MR) is 72.0 cm³/mol. The number of benzene rings is 2. The molecule has 2 aromatic carbocycles. The van der Waals surface area contributed by atoms with Gasteiger partial charge in [-0.2, -0.15) is 5.10 Å². The molecule has 3 aromatic rings. The topological polar surface area (TPSA) is 53.1 Å². The third kappa shape index (κ3) is 1.59. The molecular weight excluding hydrogens is 226 g/mol. The zero-order chi connectivity index (χ0) is 12.5. The van der Waals surface area contributed by atoms with Crippen molar-refractivity contribution >= 4 is 16.6 Å². The number of ether oxygens (including phenoxy) is 1. The average Bonchev–Trinajstić information content (AvgIpc) is 2.81. The number of anilines is 1. The molecule has 2 N–H and O–H groups in total. The lowest BCUT2D eigenvalue weighted by molar-refractivity contribution is 0.412. The third-order valence-electron chi connectivity index (χ3n) is 2.91. The molecular formula is C14H13N3O. The van der Waals surface area contributed by atoms with E-state index in [1.807, 2.05) is 53.3 Å². The van der Waals surface area contributed by atoms with Crippen LogP contribution in [0.2, 0.25) is 0 Å². The highest BCUT2D eigenvalue weighted by atomic mass is 16.5. The summed E-state index contributed by atoms with van der Waals surface area (Å²) < 4.78 is 7.19. The molecule has 0 atom stereocenters. The van der Waals surface area contributed by atoms with Gasteiger partial charge in [0.1, 0.15) is 11.4 Å². The lowest BCUT2D eigenvalue weighted by Gasteiger charge is -2.09. The summed E-state index contributed by atoms with van der Waals surface area (Å²) in [6, 6.07) is 13.5. The molecule has 0 aliphatic heterocycles. The van der Waals surface area contributed by atoms with Gasteiger partial charge in [-0.05, 0) is 30.3 Å². The minimum absolute atomic E-state index is 0.721. The van der Waals surface area contributed by atoms with Crippen molar-refractivity contribution in [2.24, 2.45) is 0 Å². The molecule has 0 aliphatic rings. The Kier molecular flexibility index (Phi) is 2.41. The number of methoxy groups -OCH3 is 1. The zero-order valence-electron chi connectivity index (χ0n) is 10.00. The smallest absolute Gasteiger partial charge is 0.144 e. The first-order valence-electron chi connectivity index (χ1n) is 5.66. The Morgan fingerprint density at radius 2 is 2.00 bits per heavy atom. The summed E-state index contributed by atoms with van der Waals surface area (Å²) in [6.07, 6.45) is 1.82. The molecule has 0 amide bonds. The Balaban J connectivity index is 2.28. The molecule has 3 rings (SSSR count). The highest BCUT2D eigenvalue weighted by Gasteiger charge is 2.09. The van der Waals surface area contributed by atoms with Crippen LogP contribution in [-0.2, 0) is 0 Å². The number of rotatable bonds is 2. The van der Waals surface area contributed by atoms with Gasteiger partial charge >= 0.3 is 0 Å². The van der Waals surface area contributed by atoms with Crippen LogP contribution in [0, 0.1) is 0 Å². The lowest BCUT2D eigenvalue weighted by atomic mass is 10.2. The number of hydrogen-bond donors (Lipinski definition) is 1. The molecule has 1 aromatic heterocycles. The van der Waals surface area contributed by atoms with Gasteiger partial charge in [-0.25, -0.2) is 4.68 Å². The summed E-state index contributed by atoms with van der Waals surface area (Å²) in [5.41, 5.74) is 8.42. The molecule has 0 bridgehead atoms. The van der Waals surface area contributed by atoms with E-state index in [1.54, 1.807) is 7.11 Å². The van der Waals surface area contributed by atoms with Gasteiger partial charge < -0.3 is 10.5 Å². The van der Waals surface area contributed by atoms with E-state index in [1.165, 1.54) is 0 Å². The number of fused-ring (bicyclic) bond motifs is 1. The summed E-state index contributed by atoms with van der Waals surface area (Å²) in [5.74, 6) is 0.782. The second-order valence-corrected chi connectivity index (χ2v) is 4.05. The minimum atomic E-state index is 0.721. The molecule has 18 heavy (non-hydrogen) atoms. The molecule has 90 valence electrons. The SMILES string of the molecule is COc1ccccc1-n1ncc2ccc(N)cc21. The Labute approximate surface area is 105 Å². The average molecular weight is 239 g/mol. The Morgan fingerprint density at radius 3 is 2.83 bits per heavy atom. The summed E-state index contributed by atoms with van der Waals surface area (Å²) in [7, 11) is 1.65. The lowest BCUT2D eigenvalue weighted by Crippen LogP contribution is -1.99. The van der Waals surface area contributed by atoms with Crippen molar-refractivity contribution in [2.75, 3.05) is 12.8 Å². The van der Waals surface area contributed by atoms with Crippen LogP contribution in [0.3, 0.4) is 0 Å². The van der Waals surface area contributed by atoms with Crippen molar-refractivity contribution in [2.45, 2.75) is 0 Å². The Hall–Kier alpha value is -2.49. The monoisotopic (exact) mass is 239 g/mol. The molecule has 0 saturated carbocycles. The largest absolute Gasteiger partial charge is 0.494 e. The maximum absolute atomic E-state index is 5.83. The van der Waals surface area contributed by atoms with Crippen LogP contribution < -0.4 is 10.5 Å². The maximum atomic E-state index is 5.83. The highest BCUT2D eigenvalue weighted by molar-refractivity contribution is 5.83. The van der Waals surface area contributed by atoms with E-state index in [4.69, 9.17) is 10.5 Å². The number of nitrogens with zero attached hydrogens (tertiary/aromatic N) is 2. The molecule has 0 radical (unpaired) electrons. The Morgan fingerprint density at radius 1 is 1.17 bits per heavy atom. The third-order valence-corrected chi connectivity index (χ3v) is 2.91. The first-order chi connectivity index (χ1) is 8.79. The van der Waals surface area contributed by atoms with Gasteiger partial charge in [0, 0.05) is 11.1 Å². The van der Waals surface area contributed by atoms with E-state index in [2.05, 4.69) is 5.10 Å². The minimum Gasteiger partial charge on any atom is -0.494 e. The molecule has 4 nitrogen and oxygen atoms in total. The molecule has 4 heteroatoms. The summed E-state index contributed by atoms with van der Waals surface area (Å²) in [5, 5.41) is 5.45. The first kappa shape index (κ1) is 10.7. The summed E-state index contributed by atoms with van der Waals surface area (Å²) in [6.45, 7) is 0. The van der Waals surface area contributed by atoms with E-state index in [-0.39, 0.29) is 0 Å². The molecule has 0 spiro atoms.